The number of aryl methyl sites for hydroxylation is 1. The minimum atomic E-state index is -0.216. The smallest absolute Gasteiger partial charge is 0.296 e. The van der Waals surface area contributed by atoms with Crippen LogP contribution in [0.3, 0.4) is 0 Å². The standard InChI is InChI=1S/C7H8BrNO2/c1-5-3-4-6(11-5)9(2)7(8)10/h3-4H,1-2H3. The molecule has 1 rings (SSSR count). The summed E-state index contributed by atoms with van der Waals surface area (Å²) in [5, 5.41) is 0. The van der Waals surface area contributed by atoms with Gasteiger partial charge in [0.05, 0.1) is 0 Å². The molecular formula is C7H8BrNO2. The zero-order valence-corrected chi connectivity index (χ0v) is 7.88. The number of nitrogens with zero attached hydrogens (tertiary/aromatic N) is 1. The van der Waals surface area contributed by atoms with Gasteiger partial charge in [0.25, 0.3) is 4.82 Å². The molecule has 1 heterocycles. The average molecular weight is 218 g/mol. The van der Waals surface area contributed by atoms with Crippen LogP contribution in [-0.4, -0.2) is 11.9 Å². The van der Waals surface area contributed by atoms with Crippen molar-refractivity contribution < 1.29 is 9.21 Å². The van der Waals surface area contributed by atoms with Crippen LogP contribution in [0.25, 0.3) is 0 Å². The fourth-order valence-electron chi connectivity index (χ4n) is 0.689. The largest absolute Gasteiger partial charge is 0.445 e. The van der Waals surface area contributed by atoms with E-state index in [2.05, 4.69) is 15.9 Å². The number of hydrogen-bond donors (Lipinski definition) is 0. The third kappa shape index (κ3) is 1.83. The molecule has 0 aliphatic carbocycles. The Bertz CT molecular complexity index is 269. The average Bonchev–Trinajstić information content (AvgIpc) is 2.34. The molecule has 0 aliphatic heterocycles. The molecule has 0 aromatic carbocycles. The highest BCUT2D eigenvalue weighted by Gasteiger charge is 2.09. The third-order valence-corrected chi connectivity index (χ3v) is 1.85. The normalized spacial score (nSPS) is 9.73. The fraction of sp³-hybridized carbons (Fsp3) is 0.286. The van der Waals surface area contributed by atoms with E-state index >= 15 is 0 Å². The number of carbonyl (C=O) groups excluding carboxylic acids is 1. The van der Waals surface area contributed by atoms with E-state index in [1.807, 2.05) is 13.0 Å². The van der Waals surface area contributed by atoms with Crippen LogP contribution in [0.4, 0.5) is 10.7 Å². The number of furan rings is 1. The Morgan fingerprint density at radius 3 is 2.64 bits per heavy atom. The molecule has 0 saturated carbocycles. The Kier molecular flexibility index (Phi) is 2.34. The van der Waals surface area contributed by atoms with Crippen LogP contribution >= 0.6 is 15.9 Å². The molecule has 3 nitrogen and oxygen atoms in total. The van der Waals surface area contributed by atoms with E-state index in [-0.39, 0.29) is 4.82 Å². The first-order chi connectivity index (χ1) is 5.11. The zero-order chi connectivity index (χ0) is 8.43. The highest BCUT2D eigenvalue weighted by molar-refractivity contribution is 9.18. The zero-order valence-electron chi connectivity index (χ0n) is 6.30. The summed E-state index contributed by atoms with van der Waals surface area (Å²) in [6, 6.07) is 3.55. The highest BCUT2D eigenvalue weighted by Crippen LogP contribution is 2.17. The van der Waals surface area contributed by atoms with Gasteiger partial charge in [-0.15, -0.1) is 0 Å². The van der Waals surface area contributed by atoms with Crippen molar-refractivity contribution >= 4 is 26.6 Å². The molecule has 0 unspecified atom stereocenters. The summed E-state index contributed by atoms with van der Waals surface area (Å²) in [5.41, 5.74) is 0. The summed E-state index contributed by atoms with van der Waals surface area (Å²) >= 11 is 2.81. The van der Waals surface area contributed by atoms with E-state index in [0.717, 1.165) is 5.76 Å². The molecule has 0 fully saturated rings. The van der Waals surface area contributed by atoms with Crippen LogP contribution in [0.1, 0.15) is 5.76 Å². The maximum absolute atomic E-state index is 10.7. The molecule has 1 aromatic rings. The van der Waals surface area contributed by atoms with Gasteiger partial charge in [0.2, 0.25) is 5.88 Å². The lowest BCUT2D eigenvalue weighted by atomic mass is 10.5. The molecule has 4 heteroatoms. The van der Waals surface area contributed by atoms with Gasteiger partial charge >= 0.3 is 0 Å². The van der Waals surface area contributed by atoms with Gasteiger partial charge in [-0.25, -0.2) is 0 Å². The Balaban J connectivity index is 2.84. The molecule has 0 spiro atoms. The van der Waals surface area contributed by atoms with E-state index in [4.69, 9.17) is 4.42 Å². The second kappa shape index (κ2) is 3.09. The summed E-state index contributed by atoms with van der Waals surface area (Å²) < 4.78 is 5.18. The molecule has 11 heavy (non-hydrogen) atoms. The second-order valence-corrected chi connectivity index (χ2v) is 2.87. The molecule has 0 aliphatic rings. The van der Waals surface area contributed by atoms with E-state index in [1.54, 1.807) is 13.1 Å². The van der Waals surface area contributed by atoms with Crippen LogP contribution in [0.15, 0.2) is 16.5 Å². The topological polar surface area (TPSA) is 33.5 Å². The van der Waals surface area contributed by atoms with Gasteiger partial charge < -0.3 is 4.42 Å². The monoisotopic (exact) mass is 217 g/mol. The molecule has 1 aromatic heterocycles. The van der Waals surface area contributed by atoms with Crippen LogP contribution in [0.5, 0.6) is 0 Å². The maximum Gasteiger partial charge on any atom is 0.296 e. The Hall–Kier alpha value is -0.770. The molecule has 0 radical (unpaired) electrons. The molecule has 1 amide bonds. The predicted molar refractivity (Wildman–Crippen MR) is 46.2 cm³/mol. The molecular weight excluding hydrogens is 210 g/mol. The third-order valence-electron chi connectivity index (χ3n) is 1.32. The van der Waals surface area contributed by atoms with Crippen molar-refractivity contribution in [3.63, 3.8) is 0 Å². The van der Waals surface area contributed by atoms with Crippen molar-refractivity contribution in [1.29, 1.82) is 0 Å². The number of carbonyl (C=O) groups is 1. The Morgan fingerprint density at radius 2 is 2.27 bits per heavy atom. The van der Waals surface area contributed by atoms with Crippen molar-refractivity contribution in [3.8, 4) is 0 Å². The first-order valence-electron chi connectivity index (χ1n) is 3.11. The van der Waals surface area contributed by atoms with Gasteiger partial charge in [-0.05, 0) is 13.0 Å². The van der Waals surface area contributed by atoms with E-state index < -0.39 is 0 Å². The number of anilines is 1. The lowest BCUT2D eigenvalue weighted by Gasteiger charge is -2.08. The van der Waals surface area contributed by atoms with Crippen molar-refractivity contribution in [2.45, 2.75) is 6.92 Å². The van der Waals surface area contributed by atoms with Crippen LogP contribution in [-0.2, 0) is 0 Å². The second-order valence-electron chi connectivity index (χ2n) is 2.20. The molecule has 0 atom stereocenters. The summed E-state index contributed by atoms with van der Waals surface area (Å²) in [5.74, 6) is 1.34. The lowest BCUT2D eigenvalue weighted by molar-refractivity contribution is 0.266. The molecule has 0 N–H and O–H groups in total. The predicted octanol–water partition coefficient (Wildman–Crippen LogP) is 2.54. The number of halogens is 1. The van der Waals surface area contributed by atoms with Crippen LogP contribution in [0.2, 0.25) is 0 Å². The summed E-state index contributed by atoms with van der Waals surface area (Å²) in [4.78, 5) is 11.9. The van der Waals surface area contributed by atoms with Crippen LogP contribution < -0.4 is 4.90 Å². The number of rotatable bonds is 1. The first kappa shape index (κ1) is 8.33. The van der Waals surface area contributed by atoms with Crippen molar-refractivity contribution in [1.82, 2.24) is 0 Å². The number of amides is 1. The molecule has 60 valence electrons. The van der Waals surface area contributed by atoms with Crippen molar-refractivity contribution in [2.75, 3.05) is 11.9 Å². The Labute approximate surface area is 73.1 Å². The quantitative estimate of drug-likeness (QED) is 0.536. The van der Waals surface area contributed by atoms with Gasteiger partial charge in [0.1, 0.15) is 5.76 Å². The maximum atomic E-state index is 10.7. The van der Waals surface area contributed by atoms with Gasteiger partial charge in [-0.3, -0.25) is 9.69 Å². The fourth-order valence-corrected chi connectivity index (χ4v) is 0.863. The Morgan fingerprint density at radius 1 is 1.64 bits per heavy atom. The molecule has 0 saturated heterocycles. The van der Waals surface area contributed by atoms with Gasteiger partial charge in [0, 0.05) is 29.0 Å². The van der Waals surface area contributed by atoms with E-state index in [0.29, 0.717) is 5.88 Å². The minimum absolute atomic E-state index is 0.216. The van der Waals surface area contributed by atoms with Crippen molar-refractivity contribution in [3.05, 3.63) is 17.9 Å². The van der Waals surface area contributed by atoms with Gasteiger partial charge in [0.15, 0.2) is 0 Å². The van der Waals surface area contributed by atoms with Crippen molar-refractivity contribution in [2.24, 2.45) is 0 Å². The lowest BCUT2D eigenvalue weighted by Crippen LogP contribution is -2.18. The highest BCUT2D eigenvalue weighted by atomic mass is 79.9. The van der Waals surface area contributed by atoms with Gasteiger partial charge in [-0.1, -0.05) is 0 Å². The summed E-state index contributed by atoms with van der Waals surface area (Å²) in [7, 11) is 1.63. The molecule has 0 bridgehead atoms. The summed E-state index contributed by atoms with van der Waals surface area (Å²) in [6.45, 7) is 1.83. The minimum Gasteiger partial charge on any atom is -0.445 e. The van der Waals surface area contributed by atoms with E-state index in [1.165, 1.54) is 4.90 Å². The van der Waals surface area contributed by atoms with Gasteiger partial charge in [-0.2, -0.15) is 0 Å². The SMILES string of the molecule is Cc1ccc(N(C)C(=O)Br)o1. The van der Waals surface area contributed by atoms with Crippen LogP contribution in [0, 0.1) is 6.92 Å². The first-order valence-corrected chi connectivity index (χ1v) is 3.90. The number of hydrogen-bond acceptors (Lipinski definition) is 2. The van der Waals surface area contributed by atoms with E-state index in [9.17, 15) is 4.79 Å². The summed E-state index contributed by atoms with van der Waals surface area (Å²) in [6.07, 6.45) is 0.